The van der Waals surface area contributed by atoms with Crippen LogP contribution >= 0.6 is 7.92 Å². The van der Waals surface area contributed by atoms with Gasteiger partial charge in [-0.2, -0.15) is 8.78 Å². The third-order valence-electron chi connectivity index (χ3n) is 10.1. The average molecular weight is 804 g/mol. The first-order chi connectivity index (χ1) is 25.3. The van der Waals surface area contributed by atoms with Crippen LogP contribution in [0.1, 0.15) is 43.2 Å². The molecule has 8 rings (SSSR count). The first kappa shape index (κ1) is 36.5. The summed E-state index contributed by atoms with van der Waals surface area (Å²) in [7, 11) is -3.78. The Labute approximate surface area is 289 Å². The minimum atomic E-state index is -5.33. The molecule has 6 aromatic carbocycles. The predicted octanol–water partition coefficient (Wildman–Crippen LogP) is 11.7. The van der Waals surface area contributed by atoms with E-state index < -0.39 is 178 Å². The van der Waals surface area contributed by atoms with Gasteiger partial charge in [0.2, 0.25) is 0 Å². The molecule has 282 valence electrons. The Morgan fingerprint density at radius 3 is 1.20 bits per heavy atom. The molecule has 0 radical (unpaired) electrons. The molecular weight excluding hydrogens is 793 g/mol. The molecule has 1 unspecified atom stereocenters. The highest BCUT2D eigenvalue weighted by Gasteiger charge is 2.56. The summed E-state index contributed by atoms with van der Waals surface area (Å²) in [5.74, 6) is -47.6. The van der Waals surface area contributed by atoms with Crippen LogP contribution in [0, 0.1) is 93.1 Å². The van der Waals surface area contributed by atoms with E-state index in [0.29, 0.717) is 6.42 Å². The highest BCUT2D eigenvalue weighted by molar-refractivity contribution is 7.74. The number of alkyl halides is 2. The molecule has 1 atom stereocenters. The average Bonchev–Trinajstić information content (AvgIpc) is 3.39. The van der Waals surface area contributed by atoms with Crippen LogP contribution in [0.25, 0.3) is 43.4 Å². The molecule has 0 nitrogen and oxygen atoms in total. The van der Waals surface area contributed by atoms with Crippen LogP contribution < -0.4 is 10.6 Å². The van der Waals surface area contributed by atoms with Gasteiger partial charge in [-0.3, -0.25) is 0 Å². The number of hydrogen-bond acceptors (Lipinski definition) is 0. The summed E-state index contributed by atoms with van der Waals surface area (Å²) < 4.78 is 279. The van der Waals surface area contributed by atoms with Gasteiger partial charge in [0.25, 0.3) is 0 Å². The lowest BCUT2D eigenvalue weighted by atomic mass is 9.91. The van der Waals surface area contributed by atoms with E-state index in [0.717, 1.165) is 0 Å². The summed E-state index contributed by atoms with van der Waals surface area (Å²) in [6.45, 7) is 0. The van der Waals surface area contributed by atoms with Crippen molar-refractivity contribution in [3.63, 3.8) is 0 Å². The molecule has 0 aliphatic heterocycles. The standard InChI is InChI=1S/C35H11F18P/c36-17-9-10-16(35(52,53)15(9)26(45)30(49)29(17)48)27(46)32(51)34(25(10)44)54(6-4-2-1-3-5-6)33-14-8-7-11(18(37)19(38)13(8)23(42)31(33)50)21(40)28(47)22(41)12(7)20(39)24(14)43/h6H,1-5H2. The van der Waals surface area contributed by atoms with E-state index in [1.54, 1.807) is 0 Å². The SMILES string of the molecule is Fc1c(F)c(F)c2c(c1F)-c1c(F)c(P(c3c(F)c(F)c4c(F)c(F)c5c(F)c(F)c(F)c6c(F)c(F)c3c4c56)C3CCCCC3)c(F)c(F)c1C2(F)F. The predicted molar refractivity (Wildman–Crippen MR) is 157 cm³/mol. The van der Waals surface area contributed by atoms with E-state index in [4.69, 9.17) is 0 Å². The summed E-state index contributed by atoms with van der Waals surface area (Å²) in [5, 5.41) is -14.4. The van der Waals surface area contributed by atoms with E-state index in [-0.39, 0.29) is 25.7 Å². The van der Waals surface area contributed by atoms with Gasteiger partial charge >= 0.3 is 5.92 Å². The number of halogens is 18. The minimum absolute atomic E-state index is 0.0632. The fraction of sp³-hybridized carbons (Fsp3) is 0.200. The quantitative estimate of drug-likeness (QED) is 0.0550. The van der Waals surface area contributed by atoms with Gasteiger partial charge in [-0.15, -0.1) is 0 Å². The summed E-state index contributed by atoms with van der Waals surface area (Å²) in [6.07, 6.45) is -0.167. The Bertz CT molecular complexity index is 2670. The molecule has 0 N–H and O–H groups in total. The monoisotopic (exact) mass is 804 g/mol. The van der Waals surface area contributed by atoms with Crippen molar-refractivity contribution in [2.75, 3.05) is 0 Å². The summed E-state index contributed by atoms with van der Waals surface area (Å²) >= 11 is 0. The molecule has 54 heavy (non-hydrogen) atoms. The van der Waals surface area contributed by atoms with Crippen molar-refractivity contribution >= 4 is 50.8 Å². The van der Waals surface area contributed by atoms with Crippen LogP contribution in [0.2, 0.25) is 0 Å². The van der Waals surface area contributed by atoms with Crippen LogP contribution in [-0.4, -0.2) is 5.66 Å². The highest BCUT2D eigenvalue weighted by Crippen LogP contribution is 2.59. The van der Waals surface area contributed by atoms with Gasteiger partial charge in [0.05, 0.1) is 32.6 Å². The van der Waals surface area contributed by atoms with E-state index >= 15 is 61.5 Å². The maximum absolute atomic E-state index is 16.9. The van der Waals surface area contributed by atoms with E-state index in [1.165, 1.54) is 0 Å². The van der Waals surface area contributed by atoms with Gasteiger partial charge in [0.1, 0.15) is 5.82 Å². The zero-order chi connectivity index (χ0) is 39.4. The van der Waals surface area contributed by atoms with Gasteiger partial charge in [0, 0.05) is 32.6 Å². The van der Waals surface area contributed by atoms with Crippen LogP contribution in [0.15, 0.2) is 0 Å². The second-order valence-electron chi connectivity index (χ2n) is 12.7. The van der Waals surface area contributed by atoms with Crippen molar-refractivity contribution in [1.82, 2.24) is 0 Å². The van der Waals surface area contributed by atoms with Crippen LogP contribution in [0.3, 0.4) is 0 Å². The number of benzene rings is 6. The van der Waals surface area contributed by atoms with E-state index in [9.17, 15) is 17.6 Å². The lowest BCUT2D eigenvalue weighted by Gasteiger charge is -2.34. The fourth-order valence-electron chi connectivity index (χ4n) is 7.83. The van der Waals surface area contributed by atoms with E-state index in [2.05, 4.69) is 0 Å². The van der Waals surface area contributed by atoms with Crippen LogP contribution in [0.4, 0.5) is 79.0 Å². The molecular formula is C35H11F18P. The Balaban J connectivity index is 1.60. The Kier molecular flexibility index (Phi) is 7.95. The molecule has 1 fully saturated rings. The first-order valence-electron chi connectivity index (χ1n) is 15.4. The molecule has 0 spiro atoms. The van der Waals surface area contributed by atoms with Gasteiger partial charge in [-0.05, 0) is 26.4 Å². The number of rotatable bonds is 3. The summed E-state index contributed by atoms with van der Waals surface area (Å²) in [4.78, 5) is 0. The van der Waals surface area contributed by atoms with Gasteiger partial charge in [0.15, 0.2) is 87.3 Å². The van der Waals surface area contributed by atoms with Gasteiger partial charge < -0.3 is 0 Å². The highest BCUT2D eigenvalue weighted by atomic mass is 31.1. The largest absolute Gasteiger partial charge is 0.305 e. The van der Waals surface area contributed by atoms with Crippen molar-refractivity contribution in [1.29, 1.82) is 0 Å². The maximum Gasteiger partial charge on any atom is 0.305 e. The molecule has 1 saturated carbocycles. The molecule has 2 aliphatic rings. The zero-order valence-corrected chi connectivity index (χ0v) is 26.8. The van der Waals surface area contributed by atoms with Crippen LogP contribution in [-0.2, 0) is 5.92 Å². The maximum atomic E-state index is 16.9. The van der Waals surface area contributed by atoms with Crippen molar-refractivity contribution in [3.05, 3.63) is 104 Å². The second kappa shape index (κ2) is 11.8. The molecule has 19 heteroatoms. The molecule has 0 saturated heterocycles. The Hall–Kier alpha value is -4.47. The van der Waals surface area contributed by atoms with E-state index in [1.807, 2.05) is 0 Å². The lowest BCUT2D eigenvalue weighted by Crippen LogP contribution is -2.32. The molecule has 0 amide bonds. The van der Waals surface area contributed by atoms with Gasteiger partial charge in [-0.25, -0.2) is 70.2 Å². The van der Waals surface area contributed by atoms with Crippen molar-refractivity contribution in [3.8, 4) is 11.1 Å². The van der Waals surface area contributed by atoms with Crippen LogP contribution in [0.5, 0.6) is 0 Å². The minimum Gasteiger partial charge on any atom is -0.205 e. The second-order valence-corrected chi connectivity index (χ2v) is 15.1. The summed E-state index contributed by atoms with van der Waals surface area (Å²) in [6, 6.07) is 0. The Morgan fingerprint density at radius 2 is 0.685 bits per heavy atom. The normalized spacial score (nSPS) is 16.3. The molecule has 0 aromatic heterocycles. The van der Waals surface area contributed by atoms with Crippen molar-refractivity contribution < 1.29 is 79.0 Å². The number of hydrogen-bond donors (Lipinski definition) is 0. The Morgan fingerprint density at radius 1 is 0.333 bits per heavy atom. The smallest absolute Gasteiger partial charge is 0.205 e. The fourth-order valence-corrected chi connectivity index (χ4v) is 11.1. The third-order valence-corrected chi connectivity index (χ3v) is 13.1. The summed E-state index contributed by atoms with van der Waals surface area (Å²) in [5.41, 5.74) is -10.7. The zero-order valence-electron chi connectivity index (χ0n) is 25.9. The number of fused-ring (bicyclic) bond motifs is 3. The first-order valence-corrected chi connectivity index (χ1v) is 16.8. The molecule has 0 bridgehead atoms. The van der Waals surface area contributed by atoms with Gasteiger partial charge in [-0.1, -0.05) is 19.3 Å². The van der Waals surface area contributed by atoms with Crippen molar-refractivity contribution in [2.45, 2.75) is 43.7 Å². The molecule has 0 heterocycles. The topological polar surface area (TPSA) is 0 Å². The third kappa shape index (κ3) is 4.25. The molecule has 6 aromatic rings. The molecule has 2 aliphatic carbocycles. The lowest BCUT2D eigenvalue weighted by molar-refractivity contribution is 0.0384. The van der Waals surface area contributed by atoms with Crippen molar-refractivity contribution in [2.24, 2.45) is 0 Å².